The highest BCUT2D eigenvalue weighted by Crippen LogP contribution is 2.32. The van der Waals surface area contributed by atoms with Crippen molar-refractivity contribution in [2.24, 2.45) is 0 Å². The van der Waals surface area contributed by atoms with Crippen LogP contribution in [0.15, 0.2) is 28.9 Å². The molecule has 94 valence electrons. The molecule has 0 saturated heterocycles. The number of hydrogen-bond acceptors (Lipinski definition) is 3. The van der Waals surface area contributed by atoms with Crippen LogP contribution in [0.1, 0.15) is 16.1 Å². The molecule has 1 amide bonds. The average molecular weight is 310 g/mol. The smallest absolute Gasteiger partial charge is 0.273 e. The highest BCUT2D eigenvalue weighted by molar-refractivity contribution is 9.10. The summed E-state index contributed by atoms with van der Waals surface area (Å²) >= 11 is 3.38. The minimum atomic E-state index is -0.253. The molecule has 0 aliphatic rings. The Balaban J connectivity index is 2.31. The molecule has 0 bridgehead atoms. The van der Waals surface area contributed by atoms with E-state index in [1.165, 1.54) is 6.20 Å². The summed E-state index contributed by atoms with van der Waals surface area (Å²) in [6, 6.07) is 5.32. The summed E-state index contributed by atoms with van der Waals surface area (Å²) < 4.78 is 6.15. The van der Waals surface area contributed by atoms with Gasteiger partial charge in [-0.15, -0.1) is 0 Å². The minimum Gasteiger partial charge on any atom is -0.495 e. The third-order valence-corrected chi connectivity index (χ3v) is 2.93. The first-order valence-corrected chi connectivity index (χ1v) is 6.06. The quantitative estimate of drug-likeness (QED) is 0.916. The van der Waals surface area contributed by atoms with Gasteiger partial charge in [0.05, 0.1) is 12.8 Å². The number of carbonyl (C=O) groups excluding carboxylic acids is 1. The Kier molecular flexibility index (Phi) is 3.66. The van der Waals surface area contributed by atoms with Crippen molar-refractivity contribution in [2.45, 2.75) is 6.92 Å². The second-order valence-corrected chi connectivity index (χ2v) is 4.64. The minimum absolute atomic E-state index is 0.253. The number of aryl methyl sites for hydroxylation is 1. The molecular weight excluding hydrogens is 298 g/mol. The molecule has 0 spiro atoms. The molecule has 1 heterocycles. The molecule has 2 rings (SSSR count). The number of hydrogen-bond donors (Lipinski definition) is 2. The monoisotopic (exact) mass is 309 g/mol. The van der Waals surface area contributed by atoms with Gasteiger partial charge >= 0.3 is 0 Å². The Morgan fingerprint density at radius 2 is 2.28 bits per heavy atom. The molecule has 0 aliphatic carbocycles. The molecule has 1 aromatic carbocycles. The van der Waals surface area contributed by atoms with Crippen LogP contribution < -0.4 is 10.1 Å². The zero-order valence-electron chi connectivity index (χ0n) is 9.95. The normalized spacial score (nSPS) is 10.2. The second-order valence-electron chi connectivity index (χ2n) is 3.72. The van der Waals surface area contributed by atoms with Crippen LogP contribution in [0.2, 0.25) is 0 Å². The Morgan fingerprint density at radius 1 is 1.50 bits per heavy atom. The predicted molar refractivity (Wildman–Crippen MR) is 72.0 cm³/mol. The van der Waals surface area contributed by atoms with E-state index in [1.807, 2.05) is 13.0 Å². The Hall–Kier alpha value is -1.82. The SMILES string of the molecule is COc1cc(Br)cc(C)c1NC(=O)c1ccn[nH]1. The summed E-state index contributed by atoms with van der Waals surface area (Å²) in [5.41, 5.74) is 1.97. The molecule has 0 saturated carbocycles. The van der Waals surface area contributed by atoms with E-state index in [0.29, 0.717) is 17.1 Å². The van der Waals surface area contributed by atoms with Crippen LogP contribution in [-0.2, 0) is 0 Å². The lowest BCUT2D eigenvalue weighted by atomic mass is 10.2. The maximum absolute atomic E-state index is 11.9. The van der Waals surface area contributed by atoms with E-state index in [2.05, 4.69) is 31.4 Å². The number of anilines is 1. The number of aromatic amines is 1. The van der Waals surface area contributed by atoms with Crippen LogP contribution in [0.25, 0.3) is 0 Å². The number of amides is 1. The number of benzene rings is 1. The summed E-state index contributed by atoms with van der Waals surface area (Å²) in [4.78, 5) is 11.9. The summed E-state index contributed by atoms with van der Waals surface area (Å²) in [5.74, 6) is 0.353. The molecule has 6 heteroatoms. The van der Waals surface area contributed by atoms with E-state index in [9.17, 15) is 4.79 Å². The van der Waals surface area contributed by atoms with Gasteiger partial charge in [0.1, 0.15) is 11.4 Å². The van der Waals surface area contributed by atoms with Crippen molar-refractivity contribution in [1.29, 1.82) is 0 Å². The number of ether oxygens (including phenoxy) is 1. The van der Waals surface area contributed by atoms with Crippen molar-refractivity contribution < 1.29 is 9.53 Å². The lowest BCUT2D eigenvalue weighted by molar-refractivity contribution is 0.102. The molecule has 2 N–H and O–H groups in total. The molecule has 0 aliphatic heterocycles. The number of carbonyl (C=O) groups is 1. The molecule has 2 aromatic rings. The van der Waals surface area contributed by atoms with Gasteiger partial charge in [-0.3, -0.25) is 9.89 Å². The molecule has 0 unspecified atom stereocenters. The van der Waals surface area contributed by atoms with Gasteiger partial charge < -0.3 is 10.1 Å². The van der Waals surface area contributed by atoms with Gasteiger partial charge in [0, 0.05) is 10.7 Å². The van der Waals surface area contributed by atoms with Crippen LogP contribution in [0, 0.1) is 6.92 Å². The molecule has 0 atom stereocenters. The summed E-state index contributed by atoms with van der Waals surface area (Å²) in [6.45, 7) is 1.90. The van der Waals surface area contributed by atoms with Crippen LogP contribution in [-0.4, -0.2) is 23.2 Å². The third kappa shape index (κ3) is 2.53. The van der Waals surface area contributed by atoms with Crippen molar-refractivity contribution in [3.63, 3.8) is 0 Å². The van der Waals surface area contributed by atoms with E-state index in [4.69, 9.17) is 4.74 Å². The van der Waals surface area contributed by atoms with Gasteiger partial charge in [0.2, 0.25) is 0 Å². The first-order chi connectivity index (χ1) is 8.61. The third-order valence-electron chi connectivity index (χ3n) is 2.47. The highest BCUT2D eigenvalue weighted by Gasteiger charge is 2.13. The van der Waals surface area contributed by atoms with Gasteiger partial charge in [-0.1, -0.05) is 15.9 Å². The first-order valence-electron chi connectivity index (χ1n) is 5.26. The molecular formula is C12H12BrN3O2. The topological polar surface area (TPSA) is 67.0 Å². The van der Waals surface area contributed by atoms with Crippen molar-refractivity contribution in [3.05, 3.63) is 40.1 Å². The fraction of sp³-hybridized carbons (Fsp3) is 0.167. The fourth-order valence-corrected chi connectivity index (χ4v) is 2.15. The van der Waals surface area contributed by atoms with E-state index < -0.39 is 0 Å². The van der Waals surface area contributed by atoms with Gasteiger partial charge in [0.25, 0.3) is 5.91 Å². The molecule has 0 fully saturated rings. The van der Waals surface area contributed by atoms with Crippen molar-refractivity contribution in [1.82, 2.24) is 10.2 Å². The number of halogens is 1. The Bertz CT molecular complexity index is 567. The van der Waals surface area contributed by atoms with E-state index in [1.54, 1.807) is 19.2 Å². The summed E-state index contributed by atoms with van der Waals surface area (Å²) in [5, 5.41) is 9.16. The Labute approximate surface area is 113 Å². The number of nitrogens with zero attached hydrogens (tertiary/aromatic N) is 1. The largest absolute Gasteiger partial charge is 0.495 e. The van der Waals surface area contributed by atoms with Crippen LogP contribution >= 0.6 is 15.9 Å². The van der Waals surface area contributed by atoms with Crippen LogP contribution in [0.4, 0.5) is 5.69 Å². The number of rotatable bonds is 3. The molecule has 1 aromatic heterocycles. The van der Waals surface area contributed by atoms with E-state index in [-0.39, 0.29) is 5.91 Å². The zero-order chi connectivity index (χ0) is 13.1. The lowest BCUT2D eigenvalue weighted by Gasteiger charge is -2.13. The fourth-order valence-electron chi connectivity index (χ4n) is 1.60. The van der Waals surface area contributed by atoms with Crippen LogP contribution in [0.5, 0.6) is 5.75 Å². The predicted octanol–water partition coefficient (Wildman–Crippen LogP) is 2.74. The number of aromatic nitrogens is 2. The Morgan fingerprint density at radius 3 is 2.89 bits per heavy atom. The van der Waals surface area contributed by atoms with Crippen molar-refractivity contribution in [2.75, 3.05) is 12.4 Å². The molecule has 0 radical (unpaired) electrons. The second kappa shape index (κ2) is 5.22. The average Bonchev–Trinajstić information content (AvgIpc) is 2.85. The van der Waals surface area contributed by atoms with Crippen LogP contribution in [0.3, 0.4) is 0 Å². The lowest BCUT2D eigenvalue weighted by Crippen LogP contribution is -2.14. The zero-order valence-corrected chi connectivity index (χ0v) is 11.5. The van der Waals surface area contributed by atoms with E-state index in [0.717, 1.165) is 10.0 Å². The van der Waals surface area contributed by atoms with Gasteiger partial charge in [-0.25, -0.2) is 0 Å². The highest BCUT2D eigenvalue weighted by atomic mass is 79.9. The standard InChI is InChI=1S/C12H12BrN3O2/c1-7-5-8(13)6-10(18-2)11(7)15-12(17)9-3-4-14-16-9/h3-6H,1-2H3,(H,14,16)(H,15,17). The van der Waals surface area contributed by atoms with Gasteiger partial charge in [0.15, 0.2) is 0 Å². The maximum atomic E-state index is 11.9. The molecule has 18 heavy (non-hydrogen) atoms. The van der Waals surface area contributed by atoms with E-state index >= 15 is 0 Å². The number of methoxy groups -OCH3 is 1. The van der Waals surface area contributed by atoms with Gasteiger partial charge in [-0.05, 0) is 30.7 Å². The number of nitrogens with one attached hydrogen (secondary N) is 2. The summed E-state index contributed by atoms with van der Waals surface area (Å²) in [7, 11) is 1.56. The van der Waals surface area contributed by atoms with Crippen molar-refractivity contribution in [3.8, 4) is 5.75 Å². The summed E-state index contributed by atoms with van der Waals surface area (Å²) in [6.07, 6.45) is 1.53. The van der Waals surface area contributed by atoms with Gasteiger partial charge in [-0.2, -0.15) is 5.10 Å². The van der Waals surface area contributed by atoms with Crippen molar-refractivity contribution >= 4 is 27.5 Å². The maximum Gasteiger partial charge on any atom is 0.273 e. The first kappa shape index (κ1) is 12.6. The number of H-pyrrole nitrogens is 1. The molecule has 5 nitrogen and oxygen atoms in total.